The molecule has 1 fully saturated rings. The van der Waals surface area contributed by atoms with E-state index in [0.717, 1.165) is 12.8 Å². The Morgan fingerprint density at radius 3 is 2.48 bits per heavy atom. The van der Waals surface area contributed by atoms with Gasteiger partial charge in [-0.25, -0.2) is 4.39 Å². The Kier molecular flexibility index (Phi) is 6.11. The number of carbonyl (C=O) groups excluding carboxylic acids is 2. The van der Waals surface area contributed by atoms with Gasteiger partial charge in [0.2, 0.25) is 0 Å². The number of benzene rings is 2. The molecule has 6 heteroatoms. The second kappa shape index (κ2) is 8.53. The van der Waals surface area contributed by atoms with Gasteiger partial charge in [0.15, 0.2) is 12.4 Å². The van der Waals surface area contributed by atoms with Gasteiger partial charge in [0.25, 0.3) is 5.91 Å². The van der Waals surface area contributed by atoms with Crippen LogP contribution in [0.2, 0.25) is 5.02 Å². The van der Waals surface area contributed by atoms with E-state index in [1.165, 1.54) is 6.07 Å². The lowest BCUT2D eigenvalue weighted by molar-refractivity contribution is -0.134. The summed E-state index contributed by atoms with van der Waals surface area (Å²) in [5, 5.41) is 0.311. The predicted octanol–water partition coefficient (Wildman–Crippen LogP) is 4.64. The summed E-state index contributed by atoms with van der Waals surface area (Å²) >= 11 is 6.09. The van der Waals surface area contributed by atoms with Crippen molar-refractivity contribution < 1.29 is 18.7 Å². The molecule has 27 heavy (non-hydrogen) atoms. The second-order valence-corrected chi connectivity index (χ2v) is 6.95. The van der Waals surface area contributed by atoms with Gasteiger partial charge in [0.05, 0.1) is 6.54 Å². The Hall–Kier alpha value is -2.40. The number of hydrogen-bond acceptors (Lipinski definition) is 3. The minimum atomic E-state index is -0.418. The van der Waals surface area contributed by atoms with Crippen molar-refractivity contribution in [3.63, 3.8) is 0 Å². The van der Waals surface area contributed by atoms with Crippen LogP contribution in [-0.2, 0) is 11.3 Å². The first-order valence-corrected chi connectivity index (χ1v) is 9.35. The molecule has 0 bridgehead atoms. The summed E-state index contributed by atoms with van der Waals surface area (Å²) in [5.74, 6) is -0.0708. The molecular weight excluding hydrogens is 369 g/mol. The van der Waals surface area contributed by atoms with E-state index in [2.05, 4.69) is 0 Å². The molecule has 1 aliphatic carbocycles. The maximum absolute atomic E-state index is 14.1. The van der Waals surface area contributed by atoms with Gasteiger partial charge in [-0.05, 0) is 49.2 Å². The molecule has 3 rings (SSSR count). The number of amides is 1. The highest BCUT2D eigenvalue weighted by Crippen LogP contribution is 2.31. The highest BCUT2D eigenvalue weighted by Gasteiger charge is 2.33. The molecule has 0 unspecified atom stereocenters. The molecule has 2 aromatic rings. The fraction of sp³-hybridized carbons (Fsp3) is 0.333. The highest BCUT2D eigenvalue weighted by atomic mass is 35.5. The summed E-state index contributed by atoms with van der Waals surface area (Å²) in [6.45, 7) is 1.78. The van der Waals surface area contributed by atoms with Gasteiger partial charge in [0, 0.05) is 28.6 Å². The zero-order valence-corrected chi connectivity index (χ0v) is 15.8. The summed E-state index contributed by atoms with van der Waals surface area (Å²) in [5.41, 5.74) is 0.937. The van der Waals surface area contributed by atoms with Crippen molar-refractivity contribution in [1.82, 2.24) is 4.90 Å². The molecular formula is C21H21ClFNO3. The molecule has 4 nitrogen and oxygen atoms in total. The molecule has 142 valence electrons. The normalized spacial score (nSPS) is 13.3. The topological polar surface area (TPSA) is 46.6 Å². The van der Waals surface area contributed by atoms with E-state index >= 15 is 0 Å². The average molecular weight is 390 g/mol. The lowest BCUT2D eigenvalue weighted by atomic mass is 10.1. The minimum absolute atomic E-state index is 0.0549. The quantitative estimate of drug-likeness (QED) is 0.618. The Morgan fingerprint density at radius 2 is 1.89 bits per heavy atom. The number of rotatable bonds is 8. The van der Waals surface area contributed by atoms with Crippen LogP contribution in [0, 0.1) is 5.82 Å². The fourth-order valence-electron chi connectivity index (χ4n) is 2.83. The third-order valence-corrected chi connectivity index (χ3v) is 4.91. The summed E-state index contributed by atoms with van der Waals surface area (Å²) in [7, 11) is 0. The lowest BCUT2D eigenvalue weighted by Gasteiger charge is -2.23. The number of nitrogens with zero attached hydrogens (tertiary/aromatic N) is 1. The predicted molar refractivity (Wildman–Crippen MR) is 102 cm³/mol. The molecule has 1 saturated carbocycles. The summed E-state index contributed by atoms with van der Waals surface area (Å²) < 4.78 is 19.6. The van der Waals surface area contributed by atoms with Crippen molar-refractivity contribution >= 4 is 23.3 Å². The van der Waals surface area contributed by atoms with Crippen molar-refractivity contribution in [2.75, 3.05) is 6.61 Å². The SMILES string of the molecule is CCC(=O)c1ccc(OCC(=O)N(Cc2c(F)cccc2Cl)C2CC2)cc1. The molecule has 0 spiro atoms. The Balaban J connectivity index is 1.63. The van der Waals surface area contributed by atoms with Crippen LogP contribution in [-0.4, -0.2) is 29.2 Å². The Morgan fingerprint density at radius 1 is 1.19 bits per heavy atom. The van der Waals surface area contributed by atoms with Gasteiger partial charge in [0.1, 0.15) is 11.6 Å². The number of hydrogen-bond donors (Lipinski definition) is 0. The van der Waals surface area contributed by atoms with Gasteiger partial charge >= 0.3 is 0 Å². The first kappa shape index (κ1) is 19.4. The highest BCUT2D eigenvalue weighted by molar-refractivity contribution is 6.31. The molecule has 0 heterocycles. The van der Waals surface area contributed by atoms with Crippen LogP contribution in [0.3, 0.4) is 0 Å². The van der Waals surface area contributed by atoms with E-state index in [-0.39, 0.29) is 30.9 Å². The molecule has 0 saturated heterocycles. The monoisotopic (exact) mass is 389 g/mol. The summed E-state index contributed by atoms with van der Waals surface area (Å²) in [4.78, 5) is 25.9. The van der Waals surface area contributed by atoms with Gasteiger partial charge in [-0.15, -0.1) is 0 Å². The largest absolute Gasteiger partial charge is 0.484 e. The zero-order valence-electron chi connectivity index (χ0n) is 15.1. The second-order valence-electron chi connectivity index (χ2n) is 6.54. The van der Waals surface area contributed by atoms with E-state index in [1.54, 1.807) is 48.2 Å². The number of ketones is 1. The van der Waals surface area contributed by atoms with E-state index in [9.17, 15) is 14.0 Å². The lowest BCUT2D eigenvalue weighted by Crippen LogP contribution is -2.36. The maximum atomic E-state index is 14.1. The van der Waals surface area contributed by atoms with Gasteiger partial charge in [-0.2, -0.15) is 0 Å². The summed E-state index contributed by atoms with van der Waals surface area (Å²) in [6.07, 6.45) is 2.23. The van der Waals surface area contributed by atoms with Crippen molar-refractivity contribution in [1.29, 1.82) is 0 Å². The van der Waals surface area contributed by atoms with Crippen LogP contribution in [0.5, 0.6) is 5.75 Å². The maximum Gasteiger partial charge on any atom is 0.261 e. The fourth-order valence-corrected chi connectivity index (χ4v) is 3.05. The molecule has 0 N–H and O–H groups in total. The van der Waals surface area contributed by atoms with Crippen LogP contribution in [0.4, 0.5) is 4.39 Å². The first-order valence-electron chi connectivity index (χ1n) is 8.98. The zero-order chi connectivity index (χ0) is 19.4. The van der Waals surface area contributed by atoms with Crippen LogP contribution in [0.25, 0.3) is 0 Å². The van der Waals surface area contributed by atoms with Crippen LogP contribution in [0.15, 0.2) is 42.5 Å². The Bertz CT molecular complexity index is 814. The molecule has 0 radical (unpaired) electrons. The molecule has 0 atom stereocenters. The molecule has 1 aliphatic rings. The first-order chi connectivity index (χ1) is 13.0. The number of Topliss-reactive ketones (excluding diaryl/α,β-unsaturated/α-hetero) is 1. The van der Waals surface area contributed by atoms with Gasteiger partial charge in [-0.3, -0.25) is 9.59 Å². The third kappa shape index (κ3) is 4.86. The van der Waals surface area contributed by atoms with Crippen molar-refractivity contribution in [3.8, 4) is 5.75 Å². The molecule has 0 aliphatic heterocycles. The van der Waals surface area contributed by atoms with E-state index in [0.29, 0.717) is 28.3 Å². The minimum Gasteiger partial charge on any atom is -0.484 e. The Labute approximate surface area is 162 Å². The van der Waals surface area contributed by atoms with Crippen LogP contribution >= 0.6 is 11.6 Å². The van der Waals surface area contributed by atoms with Crippen LogP contribution < -0.4 is 4.74 Å². The van der Waals surface area contributed by atoms with E-state index in [1.807, 2.05) is 0 Å². The molecule has 2 aromatic carbocycles. The van der Waals surface area contributed by atoms with E-state index in [4.69, 9.17) is 16.3 Å². The van der Waals surface area contributed by atoms with Gasteiger partial charge in [-0.1, -0.05) is 24.6 Å². The van der Waals surface area contributed by atoms with E-state index < -0.39 is 5.82 Å². The summed E-state index contributed by atoms with van der Waals surface area (Å²) in [6, 6.07) is 11.3. The number of carbonyl (C=O) groups is 2. The smallest absolute Gasteiger partial charge is 0.261 e. The third-order valence-electron chi connectivity index (χ3n) is 4.56. The number of halogens is 2. The average Bonchev–Trinajstić information content (AvgIpc) is 3.51. The van der Waals surface area contributed by atoms with Crippen molar-refractivity contribution in [2.24, 2.45) is 0 Å². The molecule has 1 amide bonds. The molecule has 0 aromatic heterocycles. The van der Waals surface area contributed by atoms with Crippen molar-refractivity contribution in [3.05, 3.63) is 64.4 Å². The standard InChI is InChI=1S/C21H21ClFNO3/c1-2-20(25)14-6-10-16(11-7-14)27-13-21(26)24(15-8-9-15)12-17-18(22)4-3-5-19(17)23/h3-7,10-11,15H,2,8-9,12-13H2,1H3. The van der Waals surface area contributed by atoms with Gasteiger partial charge < -0.3 is 9.64 Å². The van der Waals surface area contributed by atoms with Crippen LogP contribution in [0.1, 0.15) is 42.1 Å². The van der Waals surface area contributed by atoms with Crippen molar-refractivity contribution in [2.45, 2.75) is 38.8 Å². The number of ether oxygens (including phenoxy) is 1.